The molecule has 0 bridgehead atoms. The van der Waals surface area contributed by atoms with Crippen LogP contribution in [0.3, 0.4) is 0 Å². The first kappa shape index (κ1) is 114. The van der Waals surface area contributed by atoms with Gasteiger partial charge in [-0.3, -0.25) is 47.2 Å². The minimum Gasteiger partial charge on any atom is -0.476 e. The smallest absolute Gasteiger partial charge is 0.476 e. The number of carboxylic acid groups (broad SMARTS) is 1. The minimum absolute atomic E-state index is 0.00954. The molecule has 0 saturated heterocycles. The van der Waals surface area contributed by atoms with Crippen molar-refractivity contribution in [3.63, 3.8) is 0 Å². The summed E-state index contributed by atoms with van der Waals surface area (Å²) in [4.78, 5) is 58.7. The lowest BCUT2D eigenvalue weighted by molar-refractivity contribution is -0.119. The summed E-state index contributed by atoms with van der Waals surface area (Å²) in [5, 5.41) is 147. The van der Waals surface area contributed by atoms with Crippen LogP contribution in [-0.4, -0.2) is 268 Å². The Labute approximate surface area is 826 Å². The summed E-state index contributed by atoms with van der Waals surface area (Å²) in [5.41, 5.74) is 11.1. The zero-order chi connectivity index (χ0) is 103. The van der Waals surface area contributed by atoms with E-state index in [4.69, 9.17) is 9.84 Å². The molecule has 2 unspecified atom stereocenters. The molecule has 0 fully saturated rings. The normalized spacial score (nSPS) is 11.3. The molecule has 744 valence electrons. The number of aromatic nitrogens is 21. The fraction of sp³-hybridized carbons (Fsp3) is 0.337. The van der Waals surface area contributed by atoms with Gasteiger partial charge in [0.2, 0.25) is 0 Å². The van der Waals surface area contributed by atoms with Gasteiger partial charge in [0.05, 0.1) is 80.6 Å². The summed E-state index contributed by atoms with van der Waals surface area (Å²) in [6.07, 6.45) is 18.4. The van der Waals surface area contributed by atoms with Gasteiger partial charge >= 0.3 is 60.8 Å². The Hall–Kier alpha value is -13.5. The van der Waals surface area contributed by atoms with E-state index in [1.54, 1.807) is 141 Å². The molecule has 14 aromatic rings. The first-order chi connectivity index (χ1) is 67.7. The molecule has 0 aliphatic rings. The molecule has 0 radical (unpaired) electrons. The van der Waals surface area contributed by atoms with E-state index in [0.717, 1.165) is 66.3 Å². The Kier molecular flexibility index (Phi) is 47.0. The molecule has 2 atom stereocenters. The van der Waals surface area contributed by atoms with Gasteiger partial charge in [-0.05, 0) is 87.1 Å². The van der Waals surface area contributed by atoms with Gasteiger partial charge in [0.15, 0.2) is 36.8 Å². The first-order valence-electron chi connectivity index (χ1n) is 45.9. The van der Waals surface area contributed by atoms with E-state index in [1.807, 2.05) is 160 Å². The zero-order valence-corrected chi connectivity index (χ0v) is 82.3. The second kappa shape index (κ2) is 58.6. The van der Waals surface area contributed by atoms with Crippen molar-refractivity contribution in [3.05, 3.63) is 322 Å². The molecule has 50 heteroatoms. The predicted molar refractivity (Wildman–Crippen MR) is 536 cm³/mol. The molecule has 7 heterocycles. The van der Waals surface area contributed by atoms with Crippen molar-refractivity contribution in [3.8, 4) is 0 Å². The molecule has 7 aromatic heterocycles. The van der Waals surface area contributed by atoms with Crippen LogP contribution in [0.5, 0.6) is 0 Å². The monoisotopic (exact) mass is 1980 g/mol. The quantitative estimate of drug-likeness (QED) is 0.0129. The van der Waals surface area contributed by atoms with E-state index in [0.29, 0.717) is 130 Å². The standard InChI is InChI=1S/C14H18BN3O4.2C14H18BN3O2.C13H18BN3O3S.C13H16BN3O2.C12H14BN3O4.C12H16BN3O3S/c1-3-22-14(19)12-9-18(17-16-12)13(15(20)21)8-11-6-4-5-10(2)7-11;2*1-15(20)11-18-10-13(16-17-18)7-8-14(19)9-12-5-3-2-4-6-12;1-11-3-5-13(6-4-11)21(19,20)8-7-12-9-17(16-15-12)10-14(2)18;1-14(19)10-17-9-12(15-16-17)7-8-13(18)11-5-3-2-4-6-11;1-8-3-2-4-9(5-8)6-11(13(19)20)16-7-10(12(17)18)14-15-16;1-13(17)10-16-9-11(14-15-16)7-8-20(18,19)12-5-3-2-4-6-12/h4-7,9,13,20-21H,3,8H2,1-2H3;2*2-6,10,20H,7-9,11H2,1H3;3-6,9,18H,7-8,10H2,1-2H3;2-6,9,19H,7-8,10H2,1H3;2-5,7,11,19-20H,6H2,1H3,(H,17,18);2-6,9,17H,7-8,10H2,1H3. The predicted octanol–water partition coefficient (Wildman–Crippen LogP) is 5.44. The number of ketones is 3. The van der Waals surface area contributed by atoms with Crippen LogP contribution in [0.4, 0.5) is 0 Å². The van der Waals surface area contributed by atoms with Crippen LogP contribution >= 0.6 is 0 Å². The average molecular weight is 1980 g/mol. The second-order valence-electron chi connectivity index (χ2n) is 33.9. The number of nitrogens with zero attached hydrogens (tertiary/aromatic N) is 21. The van der Waals surface area contributed by atoms with E-state index in [1.165, 1.54) is 26.4 Å². The number of hydrogen-bond acceptors (Lipinski definition) is 33. The summed E-state index contributed by atoms with van der Waals surface area (Å²) in [6.45, 7) is 13.7. The van der Waals surface area contributed by atoms with Crippen molar-refractivity contribution in [2.45, 2.75) is 193 Å². The van der Waals surface area contributed by atoms with Crippen LogP contribution in [-0.2, 0) is 124 Å². The Morgan fingerprint density at radius 3 is 1.00 bits per heavy atom. The highest BCUT2D eigenvalue weighted by atomic mass is 32.2. The van der Waals surface area contributed by atoms with Crippen molar-refractivity contribution in [1.29, 1.82) is 0 Å². The van der Waals surface area contributed by atoms with E-state index >= 15 is 0 Å². The topological polar surface area (TPSA) is 580 Å². The van der Waals surface area contributed by atoms with E-state index < -0.39 is 92.3 Å². The molecular weight excluding hydrogens is 1860 g/mol. The lowest BCUT2D eigenvalue weighted by Crippen LogP contribution is -2.31. The second-order valence-corrected chi connectivity index (χ2v) is 38.1. The number of hydrogen-bond donors (Lipinski definition) is 10. The van der Waals surface area contributed by atoms with Crippen LogP contribution in [0.25, 0.3) is 0 Å². The van der Waals surface area contributed by atoms with Gasteiger partial charge in [0, 0.05) is 133 Å². The molecule has 0 aliphatic carbocycles. The van der Waals surface area contributed by atoms with E-state index in [-0.39, 0.29) is 46.9 Å². The number of ether oxygens (including phenoxy) is 1. The van der Waals surface area contributed by atoms with Gasteiger partial charge in [0.1, 0.15) is 11.6 Å². The van der Waals surface area contributed by atoms with Crippen molar-refractivity contribution < 1.29 is 95.9 Å². The van der Waals surface area contributed by atoms with Gasteiger partial charge < -0.3 is 55.1 Å². The molecule has 0 amide bonds. The van der Waals surface area contributed by atoms with Crippen LogP contribution < -0.4 is 0 Å². The number of carbonyl (C=O) groups excluding carboxylic acids is 4. The number of esters is 1. The van der Waals surface area contributed by atoms with Gasteiger partial charge in [-0.25, -0.2) is 26.4 Å². The number of sulfone groups is 2. The van der Waals surface area contributed by atoms with Crippen LogP contribution in [0.1, 0.15) is 137 Å². The maximum atomic E-state index is 12.2. The summed E-state index contributed by atoms with van der Waals surface area (Å²) in [5.74, 6) is -2.86. The van der Waals surface area contributed by atoms with Crippen molar-refractivity contribution in [1.82, 2.24) is 105 Å². The van der Waals surface area contributed by atoms with Gasteiger partial charge in [-0.15, -0.1) is 35.7 Å². The average Bonchev–Trinajstić information content (AvgIpc) is 0.928. The Morgan fingerprint density at radius 2 is 0.669 bits per heavy atom. The van der Waals surface area contributed by atoms with Crippen LogP contribution in [0.15, 0.2) is 247 Å². The maximum absolute atomic E-state index is 12.2. The lowest BCUT2D eigenvalue weighted by atomic mass is 9.72. The zero-order valence-electron chi connectivity index (χ0n) is 80.6. The van der Waals surface area contributed by atoms with Gasteiger partial charge in [-0.1, -0.05) is 257 Å². The molecule has 7 aromatic carbocycles. The van der Waals surface area contributed by atoms with E-state index in [2.05, 4.69) is 72.2 Å². The number of aromatic carboxylic acids is 1. The summed E-state index contributed by atoms with van der Waals surface area (Å²) >= 11 is 0. The Bertz CT molecular complexity index is 6300. The third-order valence-electron chi connectivity index (χ3n) is 20.6. The third kappa shape index (κ3) is 42.1. The maximum Gasteiger partial charge on any atom is 0.478 e. The number of carboxylic acids is 1. The summed E-state index contributed by atoms with van der Waals surface area (Å²) in [6, 6.07) is 59.1. The van der Waals surface area contributed by atoms with Crippen molar-refractivity contribution in [2.75, 3.05) is 18.1 Å². The number of carbonyl (C=O) groups is 5. The molecule has 0 spiro atoms. The highest BCUT2D eigenvalue weighted by Crippen LogP contribution is 2.21. The van der Waals surface area contributed by atoms with Crippen molar-refractivity contribution >= 4 is 97.8 Å². The molecule has 0 saturated carbocycles. The van der Waals surface area contributed by atoms with Crippen LogP contribution in [0.2, 0.25) is 34.1 Å². The van der Waals surface area contributed by atoms with Crippen LogP contribution in [0, 0.1) is 20.8 Å². The fourth-order valence-corrected chi connectivity index (χ4v) is 16.2. The molecule has 10 N–H and O–H groups in total. The highest BCUT2D eigenvalue weighted by Gasteiger charge is 2.31. The number of Topliss-reactive ketones (excluding diaryl/α,β-unsaturated/α-hetero) is 3. The molecular formula is C92H118B7N21O20S2. The molecule has 0 aliphatic heterocycles. The van der Waals surface area contributed by atoms with E-state index in [9.17, 15) is 86.0 Å². The number of benzene rings is 7. The summed E-state index contributed by atoms with van der Waals surface area (Å²) in [7, 11) is -9.91. The lowest BCUT2D eigenvalue weighted by Gasteiger charge is -2.16. The SMILES string of the molecule is CB(O)Cn1cc(CCC(=O)Cc2ccccc2)nn1.CB(O)Cn1cc(CCC(=O)Cc2ccccc2)nn1.CB(O)Cn1cc(CCC(=O)c2ccccc2)nn1.CB(O)Cn1cc(CCS(=O)(=O)c2ccc(C)cc2)nn1.CB(O)Cn1cc(CCS(=O)(=O)c2ccccc2)nn1.CCOC(=O)c1cn(C(Cc2cccc(C)c2)B(O)O)nn1.Cc1cccc(CC(B(O)O)n2cc(C(=O)O)nn2)c1. The molecule has 14 rings (SSSR count). The minimum atomic E-state index is -3.32. The number of aryl methyl sites for hydroxylation is 8. The molecule has 41 nitrogen and oxygen atoms in total. The highest BCUT2D eigenvalue weighted by molar-refractivity contribution is 7.91. The largest absolute Gasteiger partial charge is 0.478 e. The van der Waals surface area contributed by atoms with Gasteiger partial charge in [-0.2, -0.15) is 0 Å². The first-order valence-corrected chi connectivity index (χ1v) is 49.2. The van der Waals surface area contributed by atoms with Crippen molar-refractivity contribution in [2.24, 2.45) is 0 Å². The summed E-state index contributed by atoms with van der Waals surface area (Å²) < 4.78 is 63.7. The Balaban J connectivity index is 0.000000203. The molecule has 142 heavy (non-hydrogen) atoms. The van der Waals surface area contributed by atoms with Gasteiger partial charge in [0.25, 0.3) is 0 Å². The third-order valence-corrected chi connectivity index (χ3v) is 24.0. The Morgan fingerprint density at radius 1 is 0.352 bits per heavy atom. The fourth-order valence-electron chi connectivity index (χ4n) is 13.6. The number of rotatable bonds is 43.